The highest BCUT2D eigenvalue weighted by Crippen LogP contribution is 2.26. The molecule has 1 aromatic heterocycles. The van der Waals surface area contributed by atoms with Crippen LogP contribution in [0.3, 0.4) is 0 Å². The minimum Gasteiger partial charge on any atom is -0.492 e. The fourth-order valence-electron chi connectivity index (χ4n) is 2.39. The summed E-state index contributed by atoms with van der Waals surface area (Å²) < 4.78 is 5.64. The second-order valence-electron chi connectivity index (χ2n) is 5.04. The number of para-hydroxylation sites is 1. The topological polar surface area (TPSA) is 77.2 Å². The summed E-state index contributed by atoms with van der Waals surface area (Å²) in [5.74, 6) is 0.799. The third-order valence-corrected chi connectivity index (χ3v) is 4.22. The number of carbonyl (C=O) groups excluding carboxylic acids is 1. The van der Waals surface area contributed by atoms with Gasteiger partial charge < -0.3 is 15.8 Å². The van der Waals surface area contributed by atoms with E-state index in [0.717, 1.165) is 23.4 Å². The third kappa shape index (κ3) is 3.33. The monoisotopic (exact) mass is 303 g/mol. The molecule has 3 rings (SSSR count). The molecule has 1 atom stereocenters. The highest BCUT2D eigenvalue weighted by Gasteiger charge is 2.25. The van der Waals surface area contributed by atoms with E-state index >= 15 is 0 Å². The third-order valence-electron chi connectivity index (χ3n) is 3.50. The van der Waals surface area contributed by atoms with Gasteiger partial charge in [0, 0.05) is 18.3 Å². The molecule has 0 saturated heterocycles. The van der Waals surface area contributed by atoms with Crippen molar-refractivity contribution in [3.63, 3.8) is 0 Å². The molecule has 6 heteroatoms. The zero-order chi connectivity index (χ0) is 14.7. The molecular formula is C15H17N3O2S. The number of fused-ring (bicyclic) bond motifs is 1. The minimum absolute atomic E-state index is 0.0349. The number of anilines is 1. The fourth-order valence-corrected chi connectivity index (χ4v) is 2.99. The van der Waals surface area contributed by atoms with Crippen LogP contribution < -0.4 is 15.8 Å². The van der Waals surface area contributed by atoms with Crippen LogP contribution in [0.15, 0.2) is 29.6 Å². The quantitative estimate of drug-likeness (QED) is 0.900. The molecule has 0 saturated carbocycles. The lowest BCUT2D eigenvalue weighted by Gasteiger charge is -2.24. The van der Waals surface area contributed by atoms with E-state index in [2.05, 4.69) is 10.3 Å². The van der Waals surface area contributed by atoms with Gasteiger partial charge in [0.25, 0.3) is 0 Å². The number of nitrogens with zero attached hydrogens (tertiary/aromatic N) is 1. The van der Waals surface area contributed by atoms with Gasteiger partial charge in [0.15, 0.2) is 5.13 Å². The van der Waals surface area contributed by atoms with E-state index in [0.29, 0.717) is 24.7 Å². The molecule has 2 aromatic rings. The summed E-state index contributed by atoms with van der Waals surface area (Å²) in [6.45, 7) is 1.01. The number of thiazole rings is 1. The Hall–Kier alpha value is -2.08. The number of carbonyl (C=O) groups is 1. The maximum atomic E-state index is 12.2. The SMILES string of the molecule is Nc1nc(CCNC(=O)[C@@H]2COc3ccccc3C2)cs1. The van der Waals surface area contributed by atoms with Crippen molar-refractivity contribution in [3.8, 4) is 5.75 Å². The number of nitrogens with two attached hydrogens (primary N) is 1. The highest BCUT2D eigenvalue weighted by atomic mass is 32.1. The number of aromatic nitrogens is 1. The van der Waals surface area contributed by atoms with Crippen molar-refractivity contribution in [3.05, 3.63) is 40.9 Å². The van der Waals surface area contributed by atoms with Crippen LogP contribution in [0.1, 0.15) is 11.3 Å². The molecule has 0 spiro atoms. The average Bonchev–Trinajstić information content (AvgIpc) is 2.92. The van der Waals surface area contributed by atoms with Gasteiger partial charge in [-0.1, -0.05) is 18.2 Å². The van der Waals surface area contributed by atoms with Crippen LogP contribution in [0.5, 0.6) is 5.75 Å². The Morgan fingerprint density at radius 3 is 3.14 bits per heavy atom. The van der Waals surface area contributed by atoms with E-state index in [1.807, 2.05) is 29.6 Å². The number of hydrogen-bond donors (Lipinski definition) is 2. The summed E-state index contributed by atoms with van der Waals surface area (Å²) in [6.07, 6.45) is 1.43. The van der Waals surface area contributed by atoms with Gasteiger partial charge >= 0.3 is 0 Å². The molecule has 0 aliphatic carbocycles. The van der Waals surface area contributed by atoms with Crippen LogP contribution in [0.25, 0.3) is 0 Å². The number of rotatable bonds is 4. The van der Waals surface area contributed by atoms with Gasteiger partial charge in [0.05, 0.1) is 11.6 Å². The van der Waals surface area contributed by atoms with Gasteiger partial charge in [-0.05, 0) is 18.1 Å². The molecule has 0 bridgehead atoms. The first-order valence-electron chi connectivity index (χ1n) is 6.90. The van der Waals surface area contributed by atoms with E-state index < -0.39 is 0 Å². The van der Waals surface area contributed by atoms with Crippen LogP contribution in [-0.2, 0) is 17.6 Å². The number of amides is 1. The molecule has 2 heterocycles. The van der Waals surface area contributed by atoms with Crippen LogP contribution in [0.2, 0.25) is 0 Å². The summed E-state index contributed by atoms with van der Waals surface area (Å²) in [6, 6.07) is 7.86. The first kappa shape index (κ1) is 13.9. The number of nitrogens with one attached hydrogen (secondary N) is 1. The minimum atomic E-state index is -0.125. The van der Waals surface area contributed by atoms with Crippen LogP contribution in [0.4, 0.5) is 5.13 Å². The summed E-state index contributed by atoms with van der Waals surface area (Å²) in [5, 5.41) is 5.43. The van der Waals surface area contributed by atoms with Gasteiger partial charge in [0.2, 0.25) is 5.91 Å². The zero-order valence-corrected chi connectivity index (χ0v) is 12.4. The molecule has 1 amide bonds. The molecule has 21 heavy (non-hydrogen) atoms. The largest absolute Gasteiger partial charge is 0.492 e. The van der Waals surface area contributed by atoms with Crippen molar-refractivity contribution in [2.75, 3.05) is 18.9 Å². The number of benzene rings is 1. The Morgan fingerprint density at radius 2 is 2.33 bits per heavy atom. The van der Waals surface area contributed by atoms with E-state index in [9.17, 15) is 4.79 Å². The molecule has 3 N–H and O–H groups in total. The summed E-state index contributed by atoms with van der Waals surface area (Å²) in [5.41, 5.74) is 7.59. The van der Waals surface area contributed by atoms with Crippen LogP contribution in [-0.4, -0.2) is 24.0 Å². The molecule has 0 unspecified atom stereocenters. The van der Waals surface area contributed by atoms with Gasteiger partial charge in [-0.15, -0.1) is 11.3 Å². The van der Waals surface area contributed by atoms with E-state index in [1.165, 1.54) is 11.3 Å². The summed E-state index contributed by atoms with van der Waals surface area (Å²) >= 11 is 1.42. The molecule has 1 aromatic carbocycles. The lowest BCUT2D eigenvalue weighted by molar-refractivity contribution is -0.126. The smallest absolute Gasteiger partial charge is 0.226 e. The normalized spacial score (nSPS) is 16.9. The average molecular weight is 303 g/mol. The summed E-state index contributed by atoms with van der Waals surface area (Å²) in [4.78, 5) is 16.3. The highest BCUT2D eigenvalue weighted by molar-refractivity contribution is 7.13. The van der Waals surface area contributed by atoms with Gasteiger partial charge in [-0.25, -0.2) is 4.98 Å². The van der Waals surface area contributed by atoms with Crippen molar-refractivity contribution < 1.29 is 9.53 Å². The Labute approximate surface area is 127 Å². The number of nitrogen functional groups attached to an aromatic ring is 1. The Morgan fingerprint density at radius 1 is 1.48 bits per heavy atom. The molecule has 1 aliphatic rings. The molecule has 110 valence electrons. The Bertz CT molecular complexity index is 641. The predicted octanol–water partition coefficient (Wildman–Crippen LogP) is 1.64. The molecular weight excluding hydrogens is 286 g/mol. The maximum absolute atomic E-state index is 12.2. The lowest BCUT2D eigenvalue weighted by Crippen LogP contribution is -2.38. The van der Waals surface area contributed by atoms with Gasteiger partial charge in [0.1, 0.15) is 12.4 Å². The molecule has 0 radical (unpaired) electrons. The van der Waals surface area contributed by atoms with Crippen molar-refractivity contribution in [1.82, 2.24) is 10.3 Å². The Kier molecular flexibility index (Phi) is 4.06. The maximum Gasteiger partial charge on any atom is 0.226 e. The van der Waals surface area contributed by atoms with E-state index in [1.54, 1.807) is 0 Å². The van der Waals surface area contributed by atoms with Crippen molar-refractivity contribution in [2.24, 2.45) is 5.92 Å². The second kappa shape index (κ2) is 6.13. The van der Waals surface area contributed by atoms with E-state index in [4.69, 9.17) is 10.5 Å². The van der Waals surface area contributed by atoms with E-state index in [-0.39, 0.29) is 11.8 Å². The van der Waals surface area contributed by atoms with Crippen LogP contribution >= 0.6 is 11.3 Å². The number of ether oxygens (including phenoxy) is 1. The zero-order valence-electron chi connectivity index (χ0n) is 11.5. The standard InChI is InChI=1S/C15H17N3O2S/c16-15-18-12(9-21-15)5-6-17-14(19)11-7-10-3-1-2-4-13(10)20-8-11/h1-4,9,11H,5-8H2,(H2,16,18)(H,17,19)/t11-/m0/s1. The van der Waals surface area contributed by atoms with Crippen LogP contribution in [0, 0.1) is 5.92 Å². The molecule has 1 aliphatic heterocycles. The predicted molar refractivity (Wildman–Crippen MR) is 82.4 cm³/mol. The fraction of sp³-hybridized carbons (Fsp3) is 0.333. The van der Waals surface area contributed by atoms with Gasteiger partial charge in [-0.2, -0.15) is 0 Å². The Balaban J connectivity index is 1.50. The van der Waals surface area contributed by atoms with Crippen molar-refractivity contribution in [2.45, 2.75) is 12.8 Å². The van der Waals surface area contributed by atoms with Crippen molar-refractivity contribution in [1.29, 1.82) is 0 Å². The molecule has 0 fully saturated rings. The lowest BCUT2D eigenvalue weighted by atomic mass is 9.96. The number of hydrogen-bond acceptors (Lipinski definition) is 5. The first-order chi connectivity index (χ1) is 10.2. The molecule has 5 nitrogen and oxygen atoms in total. The summed E-state index contributed by atoms with van der Waals surface area (Å²) in [7, 11) is 0. The van der Waals surface area contributed by atoms with Crippen molar-refractivity contribution >= 4 is 22.4 Å². The second-order valence-corrected chi connectivity index (χ2v) is 5.93. The first-order valence-corrected chi connectivity index (χ1v) is 7.78. The van der Waals surface area contributed by atoms with Gasteiger partial charge in [-0.3, -0.25) is 4.79 Å².